The number of benzene rings is 1. The van der Waals surface area contributed by atoms with Gasteiger partial charge in [-0.1, -0.05) is 19.9 Å². The Labute approximate surface area is 160 Å². The zero-order valence-corrected chi connectivity index (χ0v) is 17.2. The van der Waals surface area contributed by atoms with E-state index in [-0.39, 0.29) is 41.6 Å². The fraction of sp³-hybridized carbons (Fsp3) is 0.588. The molecule has 152 valence electrons. The molecule has 0 aromatic heterocycles. The maximum Gasteiger partial charge on any atom is 0.251 e. The van der Waals surface area contributed by atoms with E-state index in [2.05, 4.69) is 5.32 Å². The Hall–Kier alpha value is -1.49. The highest BCUT2D eigenvalue weighted by Crippen LogP contribution is 2.23. The topological polar surface area (TPSA) is 110 Å². The molecular formula is C17H26N2O6S2. The van der Waals surface area contributed by atoms with Gasteiger partial charge in [0.25, 0.3) is 5.91 Å². The average molecular weight is 419 g/mol. The second-order valence-corrected chi connectivity index (χ2v) is 10.6. The maximum absolute atomic E-state index is 13.0. The minimum absolute atomic E-state index is 0.00993. The van der Waals surface area contributed by atoms with Crippen LogP contribution in [0.1, 0.15) is 29.8 Å². The fourth-order valence-electron chi connectivity index (χ4n) is 2.72. The van der Waals surface area contributed by atoms with Gasteiger partial charge in [0.1, 0.15) is 0 Å². The van der Waals surface area contributed by atoms with Crippen LogP contribution in [0, 0.1) is 0 Å². The molecule has 0 unspecified atom stereocenters. The van der Waals surface area contributed by atoms with Gasteiger partial charge in [0, 0.05) is 31.0 Å². The molecule has 1 aromatic carbocycles. The number of hydrogen-bond donors (Lipinski definition) is 1. The number of morpholine rings is 1. The molecule has 0 saturated carbocycles. The SMILES string of the molecule is CCc1ccc(C(=O)NCCS(=O)(=O)CC)cc1S(=O)(=O)N1CCOCC1. The zero-order chi connectivity index (χ0) is 20.1. The molecule has 1 N–H and O–H groups in total. The monoisotopic (exact) mass is 418 g/mol. The summed E-state index contributed by atoms with van der Waals surface area (Å²) in [4.78, 5) is 12.5. The van der Waals surface area contributed by atoms with Crippen molar-refractivity contribution in [1.82, 2.24) is 9.62 Å². The Bertz CT molecular complexity index is 875. The van der Waals surface area contributed by atoms with Gasteiger partial charge in [-0.2, -0.15) is 4.31 Å². The Balaban J connectivity index is 2.22. The molecule has 27 heavy (non-hydrogen) atoms. The third-order valence-corrected chi connectivity index (χ3v) is 8.12. The second-order valence-electron chi connectivity index (χ2n) is 6.18. The van der Waals surface area contributed by atoms with Crippen molar-refractivity contribution in [3.63, 3.8) is 0 Å². The molecule has 1 aromatic rings. The summed E-state index contributed by atoms with van der Waals surface area (Å²) in [5.41, 5.74) is 0.819. The molecule has 1 fully saturated rings. The van der Waals surface area contributed by atoms with Gasteiger partial charge in [0.05, 0.1) is 23.9 Å². The Morgan fingerprint density at radius 2 is 1.81 bits per heavy atom. The molecule has 0 bridgehead atoms. The van der Waals surface area contributed by atoms with Crippen LogP contribution >= 0.6 is 0 Å². The van der Waals surface area contributed by atoms with Gasteiger partial charge in [-0.05, 0) is 24.1 Å². The van der Waals surface area contributed by atoms with E-state index >= 15 is 0 Å². The Morgan fingerprint density at radius 1 is 1.15 bits per heavy atom. The summed E-state index contributed by atoms with van der Waals surface area (Å²) < 4.78 is 55.6. The molecule has 0 atom stereocenters. The lowest BCUT2D eigenvalue weighted by Crippen LogP contribution is -2.41. The van der Waals surface area contributed by atoms with Crippen molar-refractivity contribution in [3.8, 4) is 0 Å². The highest BCUT2D eigenvalue weighted by Gasteiger charge is 2.29. The highest BCUT2D eigenvalue weighted by atomic mass is 32.2. The third-order valence-electron chi connectivity index (χ3n) is 4.44. The van der Waals surface area contributed by atoms with Gasteiger partial charge in [-0.3, -0.25) is 4.79 Å². The largest absolute Gasteiger partial charge is 0.379 e. The van der Waals surface area contributed by atoms with Crippen LogP contribution < -0.4 is 5.32 Å². The van der Waals surface area contributed by atoms with Crippen molar-refractivity contribution in [2.45, 2.75) is 25.2 Å². The van der Waals surface area contributed by atoms with Gasteiger partial charge >= 0.3 is 0 Å². The van der Waals surface area contributed by atoms with Crippen molar-refractivity contribution in [2.75, 3.05) is 44.4 Å². The summed E-state index contributed by atoms with van der Waals surface area (Å²) in [7, 11) is -6.91. The fourth-order valence-corrected chi connectivity index (χ4v) is 5.15. The summed E-state index contributed by atoms with van der Waals surface area (Å²) >= 11 is 0. The number of aryl methyl sites for hydroxylation is 1. The third kappa shape index (κ3) is 5.50. The van der Waals surface area contributed by atoms with Crippen molar-refractivity contribution in [2.24, 2.45) is 0 Å². The molecular weight excluding hydrogens is 392 g/mol. The molecule has 2 rings (SSSR count). The van der Waals surface area contributed by atoms with Crippen molar-refractivity contribution >= 4 is 25.8 Å². The van der Waals surface area contributed by atoms with Crippen molar-refractivity contribution < 1.29 is 26.4 Å². The van der Waals surface area contributed by atoms with E-state index < -0.39 is 25.8 Å². The van der Waals surface area contributed by atoms with Crippen LogP contribution in [-0.4, -0.2) is 71.4 Å². The number of nitrogens with one attached hydrogen (secondary N) is 1. The van der Waals surface area contributed by atoms with E-state index in [1.807, 2.05) is 6.92 Å². The maximum atomic E-state index is 13.0. The molecule has 8 nitrogen and oxygen atoms in total. The number of nitrogens with zero attached hydrogens (tertiary/aromatic N) is 1. The van der Waals surface area contributed by atoms with Gasteiger partial charge in [-0.15, -0.1) is 0 Å². The van der Waals surface area contributed by atoms with Gasteiger partial charge in [0.15, 0.2) is 9.84 Å². The van der Waals surface area contributed by atoms with Crippen LogP contribution in [0.4, 0.5) is 0 Å². The van der Waals surface area contributed by atoms with Crippen LogP contribution in [0.15, 0.2) is 23.1 Å². The molecule has 1 aliphatic heterocycles. The first-order valence-corrected chi connectivity index (χ1v) is 12.2. The second kappa shape index (κ2) is 9.13. The molecule has 0 spiro atoms. The number of hydrogen-bond acceptors (Lipinski definition) is 6. The molecule has 1 saturated heterocycles. The van der Waals surface area contributed by atoms with Crippen LogP contribution in [0.3, 0.4) is 0 Å². The predicted molar refractivity (Wildman–Crippen MR) is 102 cm³/mol. The number of sulfone groups is 1. The van der Waals surface area contributed by atoms with E-state index in [1.54, 1.807) is 19.1 Å². The predicted octanol–water partition coefficient (Wildman–Crippen LogP) is 0.434. The number of carbonyl (C=O) groups excluding carboxylic acids is 1. The minimum atomic E-state index is -3.73. The first-order valence-electron chi connectivity index (χ1n) is 8.90. The summed E-state index contributed by atoms with van der Waals surface area (Å²) in [5, 5.41) is 2.54. The standard InChI is InChI=1S/C17H26N2O6S2/c1-3-14-5-6-15(17(20)18-7-12-26(21,22)4-2)13-16(14)27(23,24)19-8-10-25-11-9-19/h5-6,13H,3-4,7-12H2,1-2H3,(H,18,20). The van der Waals surface area contributed by atoms with Crippen molar-refractivity contribution in [1.29, 1.82) is 0 Å². The summed E-state index contributed by atoms with van der Waals surface area (Å²) in [6, 6.07) is 4.55. The molecule has 1 heterocycles. The number of rotatable bonds is 8. The van der Waals surface area contributed by atoms with Crippen LogP contribution in [0.25, 0.3) is 0 Å². The molecule has 1 aliphatic rings. The normalized spacial score (nSPS) is 16.2. The van der Waals surface area contributed by atoms with E-state index in [9.17, 15) is 21.6 Å². The lowest BCUT2D eigenvalue weighted by atomic mass is 10.1. The summed E-state index contributed by atoms with van der Waals surface area (Å²) in [6.07, 6.45) is 0.509. The Kier molecular flexibility index (Phi) is 7.38. The molecule has 1 amide bonds. The molecule has 0 aliphatic carbocycles. The zero-order valence-electron chi connectivity index (χ0n) is 15.6. The average Bonchev–Trinajstić information content (AvgIpc) is 2.67. The molecule has 10 heteroatoms. The van der Waals surface area contributed by atoms with E-state index in [1.165, 1.54) is 10.4 Å². The van der Waals surface area contributed by atoms with Crippen LogP contribution in [0.2, 0.25) is 0 Å². The van der Waals surface area contributed by atoms with Gasteiger partial charge in [0.2, 0.25) is 10.0 Å². The summed E-state index contributed by atoms with van der Waals surface area (Å²) in [5.74, 6) is -0.639. The van der Waals surface area contributed by atoms with E-state index in [0.717, 1.165) is 0 Å². The minimum Gasteiger partial charge on any atom is -0.379 e. The number of carbonyl (C=O) groups is 1. The van der Waals surface area contributed by atoms with E-state index in [4.69, 9.17) is 4.74 Å². The lowest BCUT2D eigenvalue weighted by molar-refractivity contribution is 0.0730. The first kappa shape index (κ1) is 21.8. The number of amides is 1. The number of sulfonamides is 1. The van der Waals surface area contributed by atoms with Crippen molar-refractivity contribution in [3.05, 3.63) is 29.3 Å². The number of ether oxygens (including phenoxy) is 1. The highest BCUT2D eigenvalue weighted by molar-refractivity contribution is 7.91. The lowest BCUT2D eigenvalue weighted by Gasteiger charge is -2.27. The van der Waals surface area contributed by atoms with Crippen LogP contribution in [0.5, 0.6) is 0 Å². The molecule has 0 radical (unpaired) electrons. The first-order chi connectivity index (χ1) is 12.7. The Morgan fingerprint density at radius 3 is 2.41 bits per heavy atom. The quantitative estimate of drug-likeness (QED) is 0.656. The van der Waals surface area contributed by atoms with Crippen LogP contribution in [-0.2, 0) is 31.0 Å². The van der Waals surface area contributed by atoms with Gasteiger partial charge < -0.3 is 10.1 Å². The summed E-state index contributed by atoms with van der Waals surface area (Å²) in [6.45, 7) is 4.61. The van der Waals surface area contributed by atoms with Gasteiger partial charge in [-0.25, -0.2) is 16.8 Å². The van der Waals surface area contributed by atoms with E-state index in [0.29, 0.717) is 25.2 Å². The smallest absolute Gasteiger partial charge is 0.251 e.